The van der Waals surface area contributed by atoms with Crippen molar-refractivity contribution < 1.29 is 0 Å². The van der Waals surface area contributed by atoms with Crippen molar-refractivity contribution in [2.24, 2.45) is 11.7 Å². The number of thiophene rings is 1. The van der Waals surface area contributed by atoms with Gasteiger partial charge in [-0.1, -0.05) is 6.07 Å². The molecule has 1 fully saturated rings. The molecule has 16 heavy (non-hydrogen) atoms. The van der Waals surface area contributed by atoms with Crippen LogP contribution in [0.5, 0.6) is 0 Å². The Morgan fingerprint density at radius 1 is 1.50 bits per heavy atom. The maximum atomic E-state index is 6.24. The van der Waals surface area contributed by atoms with E-state index in [1.807, 2.05) is 0 Å². The first-order valence-electron chi connectivity index (χ1n) is 6.20. The fourth-order valence-corrected chi connectivity index (χ4v) is 2.69. The van der Waals surface area contributed by atoms with Crippen LogP contribution in [0.15, 0.2) is 17.5 Å². The van der Waals surface area contributed by atoms with Crippen LogP contribution in [0.1, 0.15) is 37.6 Å². The average Bonchev–Trinajstić information content (AvgIpc) is 2.89. The molecule has 1 atom stereocenters. The van der Waals surface area contributed by atoms with Crippen molar-refractivity contribution in [2.75, 3.05) is 13.1 Å². The molecular weight excluding hydrogens is 216 g/mol. The summed E-state index contributed by atoms with van der Waals surface area (Å²) in [6.45, 7) is 6.76. The van der Waals surface area contributed by atoms with Crippen molar-refractivity contribution in [3.05, 3.63) is 22.4 Å². The van der Waals surface area contributed by atoms with E-state index in [0.717, 1.165) is 12.5 Å². The fraction of sp³-hybridized carbons (Fsp3) is 0.692. The molecule has 0 aliphatic heterocycles. The van der Waals surface area contributed by atoms with Gasteiger partial charge in [0.05, 0.1) is 6.04 Å². The van der Waals surface area contributed by atoms with Crippen LogP contribution >= 0.6 is 11.3 Å². The Labute approximate surface area is 102 Å². The number of hydrogen-bond donors (Lipinski definition) is 1. The molecule has 90 valence electrons. The topological polar surface area (TPSA) is 29.3 Å². The van der Waals surface area contributed by atoms with Gasteiger partial charge in [0, 0.05) is 24.0 Å². The third-order valence-electron chi connectivity index (χ3n) is 3.26. The first-order chi connectivity index (χ1) is 7.66. The molecule has 0 spiro atoms. The zero-order valence-electron chi connectivity index (χ0n) is 10.2. The fourth-order valence-electron chi connectivity index (χ4n) is 1.97. The van der Waals surface area contributed by atoms with Crippen LogP contribution in [0.4, 0.5) is 0 Å². The highest BCUT2D eigenvalue weighted by molar-refractivity contribution is 7.10. The van der Waals surface area contributed by atoms with E-state index in [0.29, 0.717) is 6.04 Å². The monoisotopic (exact) mass is 238 g/mol. The molecule has 3 heteroatoms. The third-order valence-corrected chi connectivity index (χ3v) is 4.26. The van der Waals surface area contributed by atoms with E-state index < -0.39 is 0 Å². The molecule has 1 heterocycles. The minimum atomic E-state index is 0.182. The van der Waals surface area contributed by atoms with E-state index in [9.17, 15) is 0 Å². The summed E-state index contributed by atoms with van der Waals surface area (Å²) in [5.41, 5.74) is 6.24. The van der Waals surface area contributed by atoms with Crippen LogP contribution in [-0.2, 0) is 0 Å². The highest BCUT2D eigenvalue weighted by Gasteiger charge is 2.26. The predicted octanol–water partition coefficient (Wildman–Crippen LogP) is 2.87. The minimum Gasteiger partial charge on any atom is -0.322 e. The molecule has 1 aliphatic carbocycles. The summed E-state index contributed by atoms with van der Waals surface area (Å²) in [6, 6.07) is 5.01. The average molecular weight is 238 g/mol. The van der Waals surface area contributed by atoms with Crippen LogP contribution in [-0.4, -0.2) is 24.0 Å². The highest BCUT2D eigenvalue weighted by atomic mass is 32.1. The number of hydrogen-bond acceptors (Lipinski definition) is 3. The zero-order chi connectivity index (χ0) is 11.5. The second-order valence-electron chi connectivity index (χ2n) is 5.11. The summed E-state index contributed by atoms with van der Waals surface area (Å²) in [5.74, 6) is 0.943. The van der Waals surface area contributed by atoms with Gasteiger partial charge in [-0.25, -0.2) is 0 Å². The SMILES string of the molecule is CC(C)N(CC1CC1)CC(N)c1cccs1. The molecule has 0 bridgehead atoms. The lowest BCUT2D eigenvalue weighted by atomic mass is 10.2. The van der Waals surface area contributed by atoms with Crippen LogP contribution < -0.4 is 5.73 Å². The molecular formula is C13H22N2S. The molecule has 0 aromatic carbocycles. The molecule has 1 unspecified atom stereocenters. The van der Waals surface area contributed by atoms with Crippen LogP contribution in [0, 0.1) is 5.92 Å². The van der Waals surface area contributed by atoms with Crippen molar-refractivity contribution in [3.63, 3.8) is 0 Å². The molecule has 1 aromatic heterocycles. The van der Waals surface area contributed by atoms with Crippen LogP contribution in [0.3, 0.4) is 0 Å². The summed E-state index contributed by atoms with van der Waals surface area (Å²) in [7, 11) is 0. The van der Waals surface area contributed by atoms with Gasteiger partial charge in [0.25, 0.3) is 0 Å². The van der Waals surface area contributed by atoms with E-state index >= 15 is 0 Å². The summed E-state index contributed by atoms with van der Waals surface area (Å²) < 4.78 is 0. The van der Waals surface area contributed by atoms with E-state index in [1.54, 1.807) is 11.3 Å². The molecule has 2 rings (SSSR count). The summed E-state index contributed by atoms with van der Waals surface area (Å²) >= 11 is 1.77. The van der Waals surface area contributed by atoms with E-state index in [4.69, 9.17) is 5.73 Å². The first kappa shape index (κ1) is 12.1. The minimum absolute atomic E-state index is 0.182. The second kappa shape index (κ2) is 5.30. The van der Waals surface area contributed by atoms with E-state index in [1.165, 1.54) is 24.3 Å². The van der Waals surface area contributed by atoms with Gasteiger partial charge in [-0.15, -0.1) is 11.3 Å². The highest BCUT2D eigenvalue weighted by Crippen LogP contribution is 2.31. The van der Waals surface area contributed by atoms with Crippen molar-refractivity contribution >= 4 is 11.3 Å². The maximum Gasteiger partial charge on any atom is 0.0519 e. The molecule has 1 aromatic rings. The smallest absolute Gasteiger partial charge is 0.0519 e. The quantitative estimate of drug-likeness (QED) is 0.825. The Kier molecular flexibility index (Phi) is 4.00. The summed E-state index contributed by atoms with van der Waals surface area (Å²) in [5, 5.41) is 2.11. The normalized spacial score (nSPS) is 18.3. The number of nitrogens with zero attached hydrogens (tertiary/aromatic N) is 1. The first-order valence-corrected chi connectivity index (χ1v) is 7.08. The molecule has 2 nitrogen and oxygen atoms in total. The molecule has 0 saturated heterocycles. The van der Waals surface area contributed by atoms with Gasteiger partial charge in [0.2, 0.25) is 0 Å². The van der Waals surface area contributed by atoms with Crippen molar-refractivity contribution in [1.29, 1.82) is 0 Å². The van der Waals surface area contributed by atoms with Gasteiger partial charge >= 0.3 is 0 Å². The molecule has 0 amide bonds. The molecule has 2 N–H and O–H groups in total. The van der Waals surface area contributed by atoms with Crippen LogP contribution in [0.2, 0.25) is 0 Å². The lowest BCUT2D eigenvalue weighted by molar-refractivity contribution is 0.201. The molecule has 1 saturated carbocycles. The van der Waals surface area contributed by atoms with Crippen molar-refractivity contribution in [3.8, 4) is 0 Å². The second-order valence-corrected chi connectivity index (χ2v) is 6.09. The predicted molar refractivity (Wildman–Crippen MR) is 70.7 cm³/mol. The summed E-state index contributed by atoms with van der Waals surface area (Å²) in [4.78, 5) is 3.84. The maximum absolute atomic E-state index is 6.24. The van der Waals surface area contributed by atoms with Gasteiger partial charge < -0.3 is 5.73 Å². The Morgan fingerprint density at radius 2 is 2.25 bits per heavy atom. The Bertz CT molecular complexity index is 304. The standard InChI is InChI=1S/C13H22N2S/c1-10(2)15(8-11-5-6-11)9-12(14)13-4-3-7-16-13/h3-4,7,10-12H,5-6,8-9,14H2,1-2H3. The van der Waals surface area contributed by atoms with Gasteiger partial charge in [0.15, 0.2) is 0 Å². The molecule has 1 aliphatic rings. The van der Waals surface area contributed by atoms with Gasteiger partial charge in [-0.05, 0) is 44.1 Å². The Hall–Kier alpha value is -0.380. The lowest BCUT2D eigenvalue weighted by Crippen LogP contribution is -2.38. The van der Waals surface area contributed by atoms with Crippen molar-refractivity contribution in [1.82, 2.24) is 4.90 Å². The van der Waals surface area contributed by atoms with E-state index in [-0.39, 0.29) is 6.04 Å². The summed E-state index contributed by atoms with van der Waals surface area (Å²) in [6.07, 6.45) is 2.83. The lowest BCUT2D eigenvalue weighted by Gasteiger charge is -2.28. The van der Waals surface area contributed by atoms with Crippen LogP contribution in [0.25, 0.3) is 0 Å². The Morgan fingerprint density at radius 3 is 2.75 bits per heavy atom. The zero-order valence-corrected chi connectivity index (χ0v) is 11.0. The largest absolute Gasteiger partial charge is 0.322 e. The van der Waals surface area contributed by atoms with Crippen molar-refractivity contribution in [2.45, 2.75) is 38.8 Å². The van der Waals surface area contributed by atoms with Gasteiger partial charge in [-0.2, -0.15) is 0 Å². The third kappa shape index (κ3) is 3.30. The number of rotatable bonds is 6. The van der Waals surface area contributed by atoms with Gasteiger partial charge in [-0.3, -0.25) is 4.90 Å². The van der Waals surface area contributed by atoms with Gasteiger partial charge in [0.1, 0.15) is 0 Å². The van der Waals surface area contributed by atoms with E-state index in [2.05, 4.69) is 36.3 Å². The Balaban J connectivity index is 1.88. The molecule has 0 radical (unpaired) electrons. The number of nitrogens with two attached hydrogens (primary N) is 1.